The number of urea groups is 1. The van der Waals surface area contributed by atoms with Crippen LogP contribution in [0.25, 0.3) is 0 Å². The molecule has 0 aromatic heterocycles. The number of carbonyl (C=O) groups is 1. The molecule has 0 bridgehead atoms. The van der Waals surface area contributed by atoms with E-state index in [2.05, 4.69) is 10.6 Å². The predicted molar refractivity (Wildman–Crippen MR) is 108 cm³/mol. The van der Waals surface area contributed by atoms with Gasteiger partial charge in [-0.05, 0) is 29.8 Å². The molecule has 2 amide bonds. The van der Waals surface area contributed by atoms with Gasteiger partial charge in [-0.15, -0.1) is 0 Å². The molecule has 2 aromatic rings. The first-order valence-corrected chi connectivity index (χ1v) is 10.7. The molecule has 7 nitrogen and oxygen atoms in total. The minimum Gasteiger partial charge on any atom is -0.379 e. The molecule has 2 aromatic carbocycles. The van der Waals surface area contributed by atoms with Gasteiger partial charge in [0.2, 0.25) is 10.0 Å². The average Bonchev–Trinajstić information content (AvgIpc) is 2.70. The number of ether oxygens (including phenoxy) is 1. The van der Waals surface area contributed by atoms with Crippen LogP contribution in [0.2, 0.25) is 10.0 Å². The van der Waals surface area contributed by atoms with Gasteiger partial charge in [0.05, 0.1) is 28.2 Å². The molecule has 1 aliphatic heterocycles. The average molecular weight is 444 g/mol. The minimum absolute atomic E-state index is 0.0485. The van der Waals surface area contributed by atoms with Crippen LogP contribution in [0.4, 0.5) is 10.5 Å². The number of anilines is 1. The molecule has 28 heavy (non-hydrogen) atoms. The second kappa shape index (κ2) is 9.11. The SMILES string of the molecule is O=C(NCc1ccccc1S(=O)(=O)N1CCOCC1)Nc1ccc(Cl)c(Cl)c1. The fourth-order valence-electron chi connectivity index (χ4n) is 2.75. The lowest BCUT2D eigenvalue weighted by Gasteiger charge is -2.27. The van der Waals surface area contributed by atoms with Crippen LogP contribution >= 0.6 is 23.2 Å². The summed E-state index contributed by atoms with van der Waals surface area (Å²) in [7, 11) is -3.66. The first-order chi connectivity index (χ1) is 13.4. The van der Waals surface area contributed by atoms with Gasteiger partial charge < -0.3 is 15.4 Å². The summed E-state index contributed by atoms with van der Waals surface area (Å²) in [6, 6.07) is 10.8. The summed E-state index contributed by atoms with van der Waals surface area (Å²) in [5.41, 5.74) is 0.972. The Morgan fingerprint density at radius 3 is 2.50 bits per heavy atom. The summed E-state index contributed by atoms with van der Waals surface area (Å²) in [5.74, 6) is 0. The van der Waals surface area contributed by atoms with Crippen molar-refractivity contribution in [3.63, 3.8) is 0 Å². The Kier molecular flexibility index (Phi) is 6.79. The number of morpholine rings is 1. The van der Waals surface area contributed by atoms with E-state index in [4.69, 9.17) is 27.9 Å². The number of sulfonamides is 1. The molecular formula is C18H19Cl2N3O4S. The summed E-state index contributed by atoms with van der Waals surface area (Å²) in [4.78, 5) is 12.3. The molecule has 1 fully saturated rings. The van der Waals surface area contributed by atoms with Gasteiger partial charge in [-0.3, -0.25) is 0 Å². The van der Waals surface area contributed by atoms with Gasteiger partial charge in [-0.1, -0.05) is 41.4 Å². The van der Waals surface area contributed by atoms with Crippen molar-refractivity contribution in [1.29, 1.82) is 0 Å². The molecule has 3 rings (SSSR count). The van der Waals surface area contributed by atoms with Gasteiger partial charge in [0, 0.05) is 25.3 Å². The highest BCUT2D eigenvalue weighted by atomic mass is 35.5. The van der Waals surface area contributed by atoms with E-state index in [0.29, 0.717) is 47.6 Å². The number of nitrogens with one attached hydrogen (secondary N) is 2. The Balaban J connectivity index is 1.69. The molecule has 10 heteroatoms. The third-order valence-corrected chi connectivity index (χ3v) is 6.92. The van der Waals surface area contributed by atoms with E-state index in [1.54, 1.807) is 36.4 Å². The number of carbonyl (C=O) groups excluding carboxylic acids is 1. The van der Waals surface area contributed by atoms with Crippen molar-refractivity contribution >= 4 is 44.9 Å². The Labute approximate surface area is 173 Å². The quantitative estimate of drug-likeness (QED) is 0.741. The highest BCUT2D eigenvalue weighted by Gasteiger charge is 2.28. The standard InChI is InChI=1S/C18H19Cl2N3O4S/c19-15-6-5-14(11-16(15)20)22-18(24)21-12-13-3-1-2-4-17(13)28(25,26)23-7-9-27-10-8-23/h1-6,11H,7-10,12H2,(H2,21,22,24). The number of benzene rings is 2. The molecule has 0 radical (unpaired) electrons. The van der Waals surface area contributed by atoms with Crippen molar-refractivity contribution in [3.05, 3.63) is 58.1 Å². The van der Waals surface area contributed by atoms with Gasteiger partial charge in [-0.2, -0.15) is 4.31 Å². The smallest absolute Gasteiger partial charge is 0.319 e. The Hall–Kier alpha value is -1.84. The predicted octanol–water partition coefficient (Wildman–Crippen LogP) is 3.34. The van der Waals surface area contributed by atoms with Gasteiger partial charge in [-0.25, -0.2) is 13.2 Å². The molecule has 1 heterocycles. The van der Waals surface area contributed by atoms with Crippen LogP contribution in [-0.2, 0) is 21.3 Å². The van der Waals surface area contributed by atoms with E-state index in [1.165, 1.54) is 10.4 Å². The largest absolute Gasteiger partial charge is 0.379 e. The maximum Gasteiger partial charge on any atom is 0.319 e. The van der Waals surface area contributed by atoms with Gasteiger partial charge in [0.15, 0.2) is 0 Å². The van der Waals surface area contributed by atoms with Crippen molar-refractivity contribution in [1.82, 2.24) is 9.62 Å². The van der Waals surface area contributed by atoms with E-state index < -0.39 is 16.1 Å². The molecule has 0 spiro atoms. The number of hydrogen-bond donors (Lipinski definition) is 2. The number of nitrogens with zero attached hydrogens (tertiary/aromatic N) is 1. The lowest BCUT2D eigenvalue weighted by molar-refractivity contribution is 0.0730. The number of halogens is 2. The second-order valence-electron chi connectivity index (χ2n) is 6.06. The molecule has 0 atom stereocenters. The van der Waals surface area contributed by atoms with Crippen molar-refractivity contribution < 1.29 is 17.9 Å². The van der Waals surface area contributed by atoms with Crippen molar-refractivity contribution in [2.75, 3.05) is 31.6 Å². The van der Waals surface area contributed by atoms with Crippen LogP contribution < -0.4 is 10.6 Å². The fourth-order valence-corrected chi connectivity index (χ4v) is 4.68. The Morgan fingerprint density at radius 1 is 1.07 bits per heavy atom. The first-order valence-electron chi connectivity index (χ1n) is 8.53. The van der Waals surface area contributed by atoms with E-state index in [9.17, 15) is 13.2 Å². The third kappa shape index (κ3) is 4.95. The number of rotatable bonds is 5. The minimum atomic E-state index is -3.66. The van der Waals surface area contributed by atoms with Crippen molar-refractivity contribution in [2.24, 2.45) is 0 Å². The number of hydrogen-bond acceptors (Lipinski definition) is 4. The molecule has 0 saturated carbocycles. The zero-order valence-electron chi connectivity index (χ0n) is 14.8. The lowest BCUT2D eigenvalue weighted by atomic mass is 10.2. The zero-order chi connectivity index (χ0) is 20.1. The topological polar surface area (TPSA) is 87.7 Å². The maximum absolute atomic E-state index is 12.9. The second-order valence-corrected chi connectivity index (χ2v) is 8.78. The summed E-state index contributed by atoms with van der Waals surface area (Å²) in [6.07, 6.45) is 0. The fraction of sp³-hybridized carbons (Fsp3) is 0.278. The van der Waals surface area contributed by atoms with Crippen LogP contribution in [0, 0.1) is 0 Å². The molecular weight excluding hydrogens is 425 g/mol. The van der Waals surface area contributed by atoms with E-state index in [1.807, 2.05) is 0 Å². The van der Waals surface area contributed by atoms with Gasteiger partial charge in [0.25, 0.3) is 0 Å². The van der Waals surface area contributed by atoms with Gasteiger partial charge in [0.1, 0.15) is 0 Å². The summed E-state index contributed by atoms with van der Waals surface area (Å²) < 4.78 is 32.5. The normalized spacial score (nSPS) is 15.2. The molecule has 0 unspecified atom stereocenters. The molecule has 0 aliphatic carbocycles. The van der Waals surface area contributed by atoms with Crippen LogP contribution in [0.3, 0.4) is 0 Å². The Bertz CT molecular complexity index is 963. The molecule has 1 saturated heterocycles. The van der Waals surface area contributed by atoms with Crippen LogP contribution in [0.15, 0.2) is 47.4 Å². The summed E-state index contributed by atoms with van der Waals surface area (Å²) >= 11 is 11.8. The highest BCUT2D eigenvalue weighted by Crippen LogP contribution is 2.25. The molecule has 150 valence electrons. The van der Waals surface area contributed by atoms with E-state index >= 15 is 0 Å². The highest BCUT2D eigenvalue weighted by molar-refractivity contribution is 7.89. The van der Waals surface area contributed by atoms with Gasteiger partial charge >= 0.3 is 6.03 Å². The summed E-state index contributed by atoms with van der Waals surface area (Å²) in [5, 5.41) is 6.00. The maximum atomic E-state index is 12.9. The first kappa shape index (κ1) is 20.9. The number of amides is 2. The van der Waals surface area contributed by atoms with Crippen molar-refractivity contribution in [2.45, 2.75) is 11.4 Å². The van der Waals surface area contributed by atoms with Crippen LogP contribution in [0.5, 0.6) is 0 Å². The molecule has 1 aliphatic rings. The Morgan fingerprint density at radius 2 is 1.79 bits per heavy atom. The van der Waals surface area contributed by atoms with Crippen LogP contribution in [0.1, 0.15) is 5.56 Å². The van der Waals surface area contributed by atoms with Crippen molar-refractivity contribution in [3.8, 4) is 0 Å². The third-order valence-electron chi connectivity index (χ3n) is 4.18. The van der Waals surface area contributed by atoms with E-state index in [0.717, 1.165) is 0 Å². The zero-order valence-corrected chi connectivity index (χ0v) is 17.1. The summed E-state index contributed by atoms with van der Waals surface area (Å²) in [6.45, 7) is 1.40. The molecule has 2 N–H and O–H groups in total. The lowest BCUT2D eigenvalue weighted by Crippen LogP contribution is -2.41. The van der Waals surface area contributed by atoms with E-state index in [-0.39, 0.29) is 11.4 Å². The van der Waals surface area contributed by atoms with Crippen LogP contribution in [-0.4, -0.2) is 45.1 Å². The monoisotopic (exact) mass is 443 g/mol.